The molecule has 2 heterocycles. The highest BCUT2D eigenvalue weighted by atomic mass is 16.6. The van der Waals surface area contributed by atoms with Crippen molar-refractivity contribution in [1.29, 1.82) is 0 Å². The second kappa shape index (κ2) is 6.67. The van der Waals surface area contributed by atoms with Crippen molar-refractivity contribution in [2.45, 2.75) is 37.6 Å². The maximum absolute atomic E-state index is 10.2. The maximum atomic E-state index is 10.2. The SMILES string of the molecule is O[C@H]1Cc2ccccc2C2(CCN(CCc3ccccc3)CC2)O1. The van der Waals surface area contributed by atoms with Gasteiger partial charge in [0.25, 0.3) is 0 Å². The molecular weight excluding hydrogens is 298 g/mol. The van der Waals surface area contributed by atoms with Gasteiger partial charge >= 0.3 is 0 Å². The molecule has 0 saturated carbocycles. The van der Waals surface area contributed by atoms with E-state index >= 15 is 0 Å². The molecule has 24 heavy (non-hydrogen) atoms. The maximum Gasteiger partial charge on any atom is 0.159 e. The Morgan fingerprint density at radius 3 is 2.50 bits per heavy atom. The number of fused-ring (bicyclic) bond motifs is 2. The van der Waals surface area contributed by atoms with Gasteiger partial charge in [0.05, 0.1) is 5.60 Å². The lowest BCUT2D eigenvalue weighted by molar-refractivity contribution is -0.215. The smallest absolute Gasteiger partial charge is 0.159 e. The summed E-state index contributed by atoms with van der Waals surface area (Å²) in [6.07, 6.45) is 2.94. The number of hydrogen-bond acceptors (Lipinski definition) is 3. The number of likely N-dealkylation sites (tertiary alicyclic amines) is 1. The molecule has 0 aliphatic carbocycles. The minimum absolute atomic E-state index is 0.294. The second-order valence-electron chi connectivity index (χ2n) is 7.01. The van der Waals surface area contributed by atoms with E-state index in [1.165, 1.54) is 16.7 Å². The topological polar surface area (TPSA) is 32.7 Å². The van der Waals surface area contributed by atoms with Crippen molar-refractivity contribution in [2.24, 2.45) is 0 Å². The Morgan fingerprint density at radius 2 is 1.71 bits per heavy atom. The van der Waals surface area contributed by atoms with Crippen LogP contribution >= 0.6 is 0 Å². The van der Waals surface area contributed by atoms with Crippen LogP contribution < -0.4 is 0 Å². The van der Waals surface area contributed by atoms with Crippen LogP contribution in [0.4, 0.5) is 0 Å². The molecule has 2 aliphatic heterocycles. The summed E-state index contributed by atoms with van der Waals surface area (Å²) in [6.45, 7) is 3.13. The standard InChI is InChI=1S/C21H25NO2/c23-20-16-18-8-4-5-9-19(18)21(24-20)11-14-22(15-12-21)13-10-17-6-2-1-3-7-17/h1-9,20,23H,10-16H2/t20-/m1/s1. The number of aliphatic hydroxyl groups is 1. The molecular formula is C21H25NO2. The molecule has 1 fully saturated rings. The van der Waals surface area contributed by atoms with Gasteiger partial charge in [0.2, 0.25) is 0 Å². The Hall–Kier alpha value is -1.68. The van der Waals surface area contributed by atoms with Crippen LogP contribution in [0.15, 0.2) is 54.6 Å². The summed E-state index contributed by atoms with van der Waals surface area (Å²) in [5, 5.41) is 10.2. The third-order valence-corrected chi connectivity index (χ3v) is 5.49. The van der Waals surface area contributed by atoms with Crippen molar-refractivity contribution in [3.63, 3.8) is 0 Å². The van der Waals surface area contributed by atoms with Gasteiger partial charge in [-0.05, 0) is 36.0 Å². The molecule has 0 aromatic heterocycles. The zero-order chi connectivity index (χ0) is 16.4. The third kappa shape index (κ3) is 3.12. The van der Waals surface area contributed by atoms with Gasteiger partial charge in [-0.3, -0.25) is 0 Å². The molecule has 0 amide bonds. The highest BCUT2D eigenvalue weighted by Crippen LogP contribution is 2.42. The van der Waals surface area contributed by atoms with Gasteiger partial charge in [-0.2, -0.15) is 0 Å². The van der Waals surface area contributed by atoms with Crippen LogP contribution in [0.2, 0.25) is 0 Å². The Kier molecular flexibility index (Phi) is 4.40. The lowest BCUT2D eigenvalue weighted by atomic mass is 9.79. The number of hydrogen-bond donors (Lipinski definition) is 1. The summed E-state index contributed by atoms with van der Waals surface area (Å²) in [5.41, 5.74) is 3.64. The minimum atomic E-state index is -0.671. The third-order valence-electron chi connectivity index (χ3n) is 5.49. The van der Waals surface area contributed by atoms with Crippen molar-refractivity contribution < 1.29 is 9.84 Å². The van der Waals surface area contributed by atoms with Crippen LogP contribution in [-0.4, -0.2) is 35.9 Å². The molecule has 2 aliphatic rings. The van der Waals surface area contributed by atoms with Gasteiger partial charge < -0.3 is 14.7 Å². The van der Waals surface area contributed by atoms with Gasteiger partial charge in [0, 0.05) is 26.1 Å². The number of piperidine rings is 1. The lowest BCUT2D eigenvalue weighted by Gasteiger charge is -2.46. The number of aliphatic hydroxyl groups excluding tert-OH is 1. The fourth-order valence-electron chi connectivity index (χ4n) is 4.15. The molecule has 1 atom stereocenters. The zero-order valence-electron chi connectivity index (χ0n) is 14.0. The molecule has 1 saturated heterocycles. The van der Waals surface area contributed by atoms with E-state index in [2.05, 4.69) is 59.5 Å². The predicted octanol–water partition coefficient (Wildman–Crippen LogP) is 3.11. The van der Waals surface area contributed by atoms with Crippen molar-refractivity contribution in [1.82, 2.24) is 4.90 Å². The van der Waals surface area contributed by atoms with Crippen molar-refractivity contribution in [3.8, 4) is 0 Å². The van der Waals surface area contributed by atoms with E-state index in [0.29, 0.717) is 6.42 Å². The fraction of sp³-hybridized carbons (Fsp3) is 0.429. The van der Waals surface area contributed by atoms with Gasteiger partial charge in [0.1, 0.15) is 0 Å². The number of rotatable bonds is 3. The van der Waals surface area contributed by atoms with E-state index in [4.69, 9.17) is 4.74 Å². The first kappa shape index (κ1) is 15.8. The Morgan fingerprint density at radius 1 is 1.00 bits per heavy atom. The van der Waals surface area contributed by atoms with Crippen LogP contribution in [0.5, 0.6) is 0 Å². The van der Waals surface area contributed by atoms with Crippen LogP contribution in [0.25, 0.3) is 0 Å². The predicted molar refractivity (Wildman–Crippen MR) is 94.7 cm³/mol. The number of ether oxygens (including phenoxy) is 1. The van der Waals surface area contributed by atoms with E-state index in [1.54, 1.807) is 0 Å². The van der Waals surface area contributed by atoms with E-state index in [1.807, 2.05) is 0 Å². The average molecular weight is 323 g/mol. The van der Waals surface area contributed by atoms with E-state index < -0.39 is 6.29 Å². The minimum Gasteiger partial charge on any atom is -0.368 e. The Labute approximate surface area is 143 Å². The summed E-state index contributed by atoms with van der Waals surface area (Å²) in [6, 6.07) is 19.1. The van der Waals surface area contributed by atoms with Crippen molar-refractivity contribution in [2.75, 3.05) is 19.6 Å². The number of benzene rings is 2. The molecule has 0 unspecified atom stereocenters. The second-order valence-corrected chi connectivity index (χ2v) is 7.01. The molecule has 3 nitrogen and oxygen atoms in total. The lowest BCUT2D eigenvalue weighted by Crippen LogP contribution is -2.49. The van der Waals surface area contributed by atoms with Gasteiger partial charge in [-0.15, -0.1) is 0 Å². The van der Waals surface area contributed by atoms with Crippen LogP contribution in [-0.2, 0) is 23.2 Å². The normalized spacial score (nSPS) is 23.1. The molecule has 1 N–H and O–H groups in total. The molecule has 0 bridgehead atoms. The molecule has 1 spiro atoms. The molecule has 3 heteroatoms. The van der Waals surface area contributed by atoms with Crippen LogP contribution in [0, 0.1) is 0 Å². The summed E-state index contributed by atoms with van der Waals surface area (Å²) < 4.78 is 6.08. The molecule has 4 rings (SSSR count). The molecule has 0 radical (unpaired) electrons. The quantitative estimate of drug-likeness (QED) is 0.942. The van der Waals surface area contributed by atoms with E-state index in [0.717, 1.165) is 38.9 Å². The van der Waals surface area contributed by atoms with Crippen molar-refractivity contribution in [3.05, 3.63) is 71.3 Å². The highest BCUT2D eigenvalue weighted by Gasteiger charge is 2.43. The first-order valence-corrected chi connectivity index (χ1v) is 8.96. The summed E-state index contributed by atoms with van der Waals surface area (Å²) in [7, 11) is 0. The fourth-order valence-corrected chi connectivity index (χ4v) is 4.15. The first-order chi connectivity index (χ1) is 11.8. The Balaban J connectivity index is 1.42. The Bertz CT molecular complexity index is 677. The zero-order valence-corrected chi connectivity index (χ0v) is 14.0. The molecule has 126 valence electrons. The van der Waals surface area contributed by atoms with Crippen LogP contribution in [0.3, 0.4) is 0 Å². The molecule has 2 aromatic rings. The van der Waals surface area contributed by atoms with Crippen LogP contribution in [0.1, 0.15) is 29.5 Å². The van der Waals surface area contributed by atoms with E-state index in [-0.39, 0.29) is 5.60 Å². The molecule has 2 aromatic carbocycles. The van der Waals surface area contributed by atoms with Crippen molar-refractivity contribution >= 4 is 0 Å². The van der Waals surface area contributed by atoms with Gasteiger partial charge in [0.15, 0.2) is 6.29 Å². The number of nitrogens with zero attached hydrogens (tertiary/aromatic N) is 1. The highest BCUT2D eigenvalue weighted by molar-refractivity contribution is 5.35. The average Bonchev–Trinajstić information content (AvgIpc) is 2.62. The summed E-state index contributed by atoms with van der Waals surface area (Å²) in [4.78, 5) is 2.52. The first-order valence-electron chi connectivity index (χ1n) is 8.96. The summed E-state index contributed by atoms with van der Waals surface area (Å²) in [5.74, 6) is 0. The van der Waals surface area contributed by atoms with E-state index in [9.17, 15) is 5.11 Å². The van der Waals surface area contributed by atoms with Gasteiger partial charge in [-0.25, -0.2) is 0 Å². The van der Waals surface area contributed by atoms with Gasteiger partial charge in [-0.1, -0.05) is 54.6 Å². The monoisotopic (exact) mass is 323 g/mol. The largest absolute Gasteiger partial charge is 0.368 e. The summed E-state index contributed by atoms with van der Waals surface area (Å²) >= 11 is 0.